The molecular weight excluding hydrogens is 1790 g/mol. The van der Waals surface area contributed by atoms with Crippen LogP contribution in [0.5, 0.6) is 0 Å². The number of β-amino-alcohol motifs (C(OH)–C–C–N with tert-alkyl or cyclic N) is 2. The zero-order valence-electron chi connectivity index (χ0n) is 74.5. The number of halogens is 3. The van der Waals surface area contributed by atoms with Gasteiger partial charge >= 0.3 is 7.12 Å². The molecule has 2 saturated heterocycles. The van der Waals surface area contributed by atoms with Gasteiger partial charge in [0.2, 0.25) is 0 Å². The van der Waals surface area contributed by atoms with Crippen molar-refractivity contribution >= 4 is 85.4 Å². The molecule has 7 heterocycles. The van der Waals surface area contributed by atoms with Crippen LogP contribution in [-0.2, 0) is 34.0 Å². The summed E-state index contributed by atoms with van der Waals surface area (Å²) in [6.07, 6.45) is 18.4. The lowest BCUT2D eigenvalue weighted by atomic mass is 9.81. The molecule has 16 rings (SSSR count). The number of carbonyl (C=O) groups is 4. The van der Waals surface area contributed by atoms with E-state index in [4.69, 9.17) is 41.5 Å². The Morgan fingerprint density at radius 1 is 0.443 bits per heavy atom. The van der Waals surface area contributed by atoms with Crippen LogP contribution >= 0.6 is 31.9 Å². The molecule has 5 aliphatic rings. The van der Waals surface area contributed by atoms with E-state index in [0.29, 0.717) is 69.7 Å². The van der Waals surface area contributed by atoms with Crippen LogP contribution in [0.25, 0.3) is 44.5 Å². The highest BCUT2D eigenvalue weighted by Crippen LogP contribution is 2.34. The van der Waals surface area contributed by atoms with Crippen LogP contribution in [0.2, 0.25) is 0 Å². The molecule has 11 aromatic rings. The Bertz CT molecular complexity index is 5570. The van der Waals surface area contributed by atoms with Gasteiger partial charge in [-0.1, -0.05) is 152 Å². The first-order valence-corrected chi connectivity index (χ1v) is 46.4. The van der Waals surface area contributed by atoms with Crippen LogP contribution in [0, 0.1) is 12.7 Å². The Hall–Kier alpha value is -10.9. The maximum Gasteiger partial charge on any atom is 0.490 e. The zero-order chi connectivity index (χ0) is 92.5. The van der Waals surface area contributed by atoms with E-state index >= 15 is 0 Å². The van der Waals surface area contributed by atoms with Crippen LogP contribution in [0.15, 0.2) is 228 Å². The molecule has 686 valence electrons. The predicted molar refractivity (Wildman–Crippen MR) is 517 cm³/mol. The molecule has 30 heteroatoms. The number of carbonyl (C=O) groups excluding carboxylic acids is 4. The number of benzene rings is 6. The largest absolute Gasteiger partial charge is 0.490 e. The van der Waals surface area contributed by atoms with Gasteiger partial charge in [0.25, 0.3) is 17.7 Å². The molecule has 2 aliphatic heterocycles. The maximum atomic E-state index is 13.7. The Morgan fingerprint density at radius 2 is 0.786 bits per heavy atom. The average Bonchev–Trinajstić information content (AvgIpc) is 1.53. The van der Waals surface area contributed by atoms with Gasteiger partial charge in [0.15, 0.2) is 5.78 Å². The molecule has 26 nitrogen and oxygen atoms in total. The molecule has 0 bridgehead atoms. The van der Waals surface area contributed by atoms with Crippen molar-refractivity contribution < 1.29 is 58.0 Å². The van der Waals surface area contributed by atoms with Crippen molar-refractivity contribution in [2.75, 3.05) is 95.9 Å². The van der Waals surface area contributed by atoms with Crippen molar-refractivity contribution in [2.45, 2.75) is 154 Å². The minimum Gasteiger partial charge on any atom is -0.423 e. The number of pyridine rings is 5. The minimum absolute atomic E-state index is 0.0350. The summed E-state index contributed by atoms with van der Waals surface area (Å²) < 4.78 is 33.9. The molecule has 0 spiro atoms. The lowest BCUT2D eigenvalue weighted by Gasteiger charge is -2.38. The minimum atomic E-state index is -1.41. The van der Waals surface area contributed by atoms with Gasteiger partial charge < -0.3 is 67.6 Å². The second-order valence-corrected chi connectivity index (χ2v) is 35.8. The number of nitrogens with two attached hydrogens (primary N) is 3. The van der Waals surface area contributed by atoms with E-state index < -0.39 is 12.9 Å². The highest BCUT2D eigenvalue weighted by molar-refractivity contribution is 9.10. The fraction of sp³-hybridized carbons (Fsp3) is 0.356. The Balaban J connectivity index is 0.000000160. The van der Waals surface area contributed by atoms with Gasteiger partial charge in [0, 0.05) is 146 Å². The Labute approximate surface area is 782 Å². The number of piperazine rings is 2. The zero-order valence-corrected chi connectivity index (χ0v) is 77.7. The maximum absolute atomic E-state index is 13.7. The van der Waals surface area contributed by atoms with Gasteiger partial charge in [0.1, 0.15) is 23.3 Å². The first kappa shape index (κ1) is 97.6. The summed E-state index contributed by atoms with van der Waals surface area (Å²) in [6, 6.07) is 59.0. The number of aliphatic hydroxyl groups is 2. The van der Waals surface area contributed by atoms with Gasteiger partial charge in [-0.3, -0.25) is 48.7 Å². The number of nitrogen functional groups attached to an aromatic ring is 3. The second-order valence-electron chi connectivity index (χ2n) is 34.0. The highest BCUT2D eigenvalue weighted by atomic mass is 79.9. The molecule has 0 radical (unpaired) electrons. The summed E-state index contributed by atoms with van der Waals surface area (Å²) in [7, 11) is -1.41. The molecule has 5 fully saturated rings. The third kappa shape index (κ3) is 27.6. The van der Waals surface area contributed by atoms with E-state index in [2.05, 4.69) is 215 Å². The smallest absolute Gasteiger partial charge is 0.423 e. The summed E-state index contributed by atoms with van der Waals surface area (Å²) in [5, 5.41) is 45.0. The number of ether oxygens (including phenoxy) is 3. The second kappa shape index (κ2) is 47.9. The number of nitrogens with one attached hydrogen (secondary N) is 3. The fourth-order valence-corrected chi connectivity index (χ4v) is 17.9. The molecule has 6 aromatic carbocycles. The van der Waals surface area contributed by atoms with Gasteiger partial charge in [-0.25, -0.2) is 19.3 Å². The van der Waals surface area contributed by atoms with E-state index in [1.807, 2.05) is 43.3 Å². The van der Waals surface area contributed by atoms with E-state index in [-0.39, 0.29) is 96.2 Å². The van der Waals surface area contributed by atoms with E-state index in [9.17, 15) is 33.8 Å². The lowest BCUT2D eigenvalue weighted by molar-refractivity contribution is 0.0272. The van der Waals surface area contributed by atoms with E-state index in [1.54, 1.807) is 49.8 Å². The standard InChI is InChI=1S/C37H43FN6O3.C32H40BrN5O3.C26H26BrN3O3.C6H8BNO2/c1-25(44-15-13-43(14-16-44)17-18-45)27-9-11-29(12-10-27)28-7-5-26(6-8-28)24-47-35-4-2-3-34(35)42-37(46)33-20-31(22-41-36(33)39)30-19-32(38)23-40-21-30;1-22(38-15-13-37(14-16-38)17-18-39)24-9-11-26(12-10-24)25-7-5-23(6-8-25)21-41-30-4-2-3-29(30)36-32(40)28-19-27(33)20-35-31(28)34;1-16(31)18-9-11-20(12-10-18)19-7-5-17(6-8-19)15-33-24-4-2-3-23(24)30-26(32)22-13-21(27)14-29-25(22)28;1-5-2-6(7(9)10)4-8-3-5/h5-12,19-23,25,34-35,45H,2-4,13-18,24H2,1H3,(H2,39,41)(H,42,46);5-12,19-20,22,29-30,39H,2-4,13-18,21H2,1H3,(H2,34,35)(H,36,40);5-14,23-24H,2-4,15H2,1H3,(H2,28,29)(H,30,32);2-4,9-10H,1H3/t25?,34-,35-;22?,29-,30-;23-,24-;/m000./s1. The number of amides is 3. The predicted octanol–water partition coefficient (Wildman–Crippen LogP) is 13.9. The lowest BCUT2D eigenvalue weighted by Crippen LogP contribution is -2.47. The molecule has 2 unspecified atom stereocenters. The fourth-order valence-electron chi connectivity index (χ4n) is 17.2. The van der Waals surface area contributed by atoms with Crippen molar-refractivity contribution in [1.29, 1.82) is 0 Å². The van der Waals surface area contributed by atoms with Gasteiger partial charge in [-0.2, -0.15) is 0 Å². The number of rotatable bonds is 29. The number of aliphatic hydroxyl groups excluding tert-OH is 2. The summed E-state index contributed by atoms with van der Waals surface area (Å²) in [5.74, 6) is -0.639. The summed E-state index contributed by atoms with van der Waals surface area (Å²) >= 11 is 6.69. The normalized spacial score (nSPS) is 18.6. The third-order valence-corrected chi connectivity index (χ3v) is 25.9. The molecule has 5 aromatic heterocycles. The van der Waals surface area contributed by atoms with Crippen molar-refractivity contribution in [3.8, 4) is 44.5 Å². The molecule has 131 heavy (non-hydrogen) atoms. The third-order valence-electron chi connectivity index (χ3n) is 25.0. The molecule has 3 saturated carbocycles. The quantitative estimate of drug-likeness (QED) is 0.0154. The van der Waals surface area contributed by atoms with Crippen molar-refractivity contribution in [2.24, 2.45) is 0 Å². The van der Waals surface area contributed by atoms with Gasteiger partial charge in [0.05, 0.1) is 92.4 Å². The molecule has 3 amide bonds. The van der Waals surface area contributed by atoms with Crippen molar-refractivity contribution in [1.82, 2.24) is 60.5 Å². The molecule has 3 aliphatic carbocycles. The number of nitrogens with zero attached hydrogens (tertiary/aromatic N) is 9. The number of ketones is 1. The topological polar surface area (TPSA) is 368 Å². The van der Waals surface area contributed by atoms with Crippen LogP contribution in [0.1, 0.15) is 165 Å². The first-order valence-electron chi connectivity index (χ1n) is 44.9. The van der Waals surface area contributed by atoms with Gasteiger partial charge in [-0.15, -0.1) is 0 Å². The number of Topliss-reactive ketones (excluding diaryl/α,β-unsaturated/α-hetero) is 1. The summed E-state index contributed by atoms with van der Waals surface area (Å²) in [4.78, 5) is 79.8. The molecule has 8 atom stereocenters. The highest BCUT2D eigenvalue weighted by Gasteiger charge is 2.35. The number of aryl methyl sites for hydroxylation is 1. The van der Waals surface area contributed by atoms with Gasteiger partial charge in [-0.05, 0) is 208 Å². The monoisotopic (exact) mass is 1900 g/mol. The van der Waals surface area contributed by atoms with E-state index in [0.717, 1.165) is 173 Å². The summed E-state index contributed by atoms with van der Waals surface area (Å²) in [6.45, 7) is 19.4. The average molecular weight is 1910 g/mol. The Morgan fingerprint density at radius 3 is 1.13 bits per heavy atom. The van der Waals surface area contributed by atoms with Crippen LogP contribution in [-0.4, -0.2) is 211 Å². The number of anilines is 3. The van der Waals surface area contributed by atoms with Crippen LogP contribution < -0.4 is 38.6 Å². The van der Waals surface area contributed by atoms with Crippen molar-refractivity contribution in [3.63, 3.8) is 0 Å². The van der Waals surface area contributed by atoms with Crippen molar-refractivity contribution in [3.05, 3.63) is 290 Å². The summed E-state index contributed by atoms with van der Waals surface area (Å²) in [5.41, 5.74) is 34.7. The number of hydrogen-bond donors (Lipinski definition) is 10. The number of hydrogen-bond acceptors (Lipinski definition) is 23. The molecular formula is C101H117BBr2FN15O11. The Kier molecular flexibility index (Phi) is 35.7. The SMILES string of the molecule is CC(=O)c1ccc(-c2ccc(CO[C@H]3CCC[C@@H]3NC(=O)c3cc(Br)cnc3N)cc2)cc1.CC(c1ccc(-c2ccc(CO[C@H]3CCC[C@@H]3NC(=O)c3cc(-c4cncc(F)c4)cnc3N)cc2)cc1)N1CCN(CCO)CC1.CC(c1ccc(-c2ccc(CO[C@H]3CCC[C@@H]3NC(=O)c3cc(Br)cnc3N)cc2)cc1)N1CCN(CCO)CC1.Cc1cncc(B(O)O)c1. The first-order chi connectivity index (χ1) is 63.4. The van der Waals surface area contributed by atoms with E-state index in [1.165, 1.54) is 52.5 Å². The van der Waals surface area contributed by atoms with Crippen LogP contribution in [0.3, 0.4) is 0 Å². The number of aromatic nitrogens is 5. The van der Waals surface area contributed by atoms with Crippen LogP contribution in [0.4, 0.5) is 21.8 Å². The molecule has 13 N–H and O–H groups in total.